The van der Waals surface area contributed by atoms with Crippen molar-refractivity contribution in [2.75, 3.05) is 7.05 Å². The van der Waals surface area contributed by atoms with Gasteiger partial charge >= 0.3 is 0 Å². The fourth-order valence-electron chi connectivity index (χ4n) is 1.79. The summed E-state index contributed by atoms with van der Waals surface area (Å²) in [6, 6.07) is 0. The van der Waals surface area contributed by atoms with Crippen LogP contribution in [0.5, 0.6) is 0 Å². The van der Waals surface area contributed by atoms with Gasteiger partial charge in [0.25, 0.3) is 5.92 Å². The third kappa shape index (κ3) is 1.99. The largest absolute Gasteiger partial charge is 0.396 e. The quantitative estimate of drug-likeness (QED) is 0.687. The molecule has 0 amide bonds. The fourth-order valence-corrected chi connectivity index (χ4v) is 1.79. The maximum absolute atomic E-state index is 13.6. The van der Waals surface area contributed by atoms with Crippen molar-refractivity contribution in [3.05, 3.63) is 11.4 Å². The summed E-state index contributed by atoms with van der Waals surface area (Å²) in [6.45, 7) is 1.56. The SMILES string of the molecule is CN/C1=C(\N)C(F)(F)C(C)CCCC1. The van der Waals surface area contributed by atoms with E-state index in [4.69, 9.17) is 5.73 Å². The highest BCUT2D eigenvalue weighted by molar-refractivity contribution is 5.18. The smallest absolute Gasteiger partial charge is 0.291 e. The molecular weight excluding hydrogens is 186 g/mol. The van der Waals surface area contributed by atoms with Gasteiger partial charge in [-0.2, -0.15) is 8.78 Å². The molecule has 0 aliphatic heterocycles. The van der Waals surface area contributed by atoms with Crippen molar-refractivity contribution in [2.24, 2.45) is 11.7 Å². The van der Waals surface area contributed by atoms with Crippen molar-refractivity contribution in [2.45, 2.75) is 38.5 Å². The van der Waals surface area contributed by atoms with Crippen LogP contribution in [0.15, 0.2) is 11.4 Å². The predicted molar refractivity (Wildman–Crippen MR) is 52.9 cm³/mol. The Balaban J connectivity index is 3.01. The highest BCUT2D eigenvalue weighted by atomic mass is 19.3. The van der Waals surface area contributed by atoms with Crippen molar-refractivity contribution >= 4 is 0 Å². The summed E-state index contributed by atoms with van der Waals surface area (Å²) in [6.07, 6.45) is 2.95. The molecule has 14 heavy (non-hydrogen) atoms. The average Bonchev–Trinajstić information content (AvgIpc) is 2.15. The highest BCUT2D eigenvalue weighted by Gasteiger charge is 2.41. The molecule has 0 saturated heterocycles. The molecule has 1 atom stereocenters. The Morgan fingerprint density at radius 1 is 1.43 bits per heavy atom. The number of nitrogens with one attached hydrogen (secondary N) is 1. The van der Waals surface area contributed by atoms with Crippen molar-refractivity contribution in [1.82, 2.24) is 5.32 Å². The van der Waals surface area contributed by atoms with Gasteiger partial charge < -0.3 is 11.1 Å². The number of hydrogen-bond donors (Lipinski definition) is 2. The Bertz CT molecular complexity index is 236. The number of halogens is 2. The van der Waals surface area contributed by atoms with E-state index in [1.807, 2.05) is 0 Å². The summed E-state index contributed by atoms with van der Waals surface area (Å²) >= 11 is 0. The van der Waals surface area contributed by atoms with E-state index in [2.05, 4.69) is 5.32 Å². The molecule has 0 bridgehead atoms. The standard InChI is InChI=1S/C10H18F2N2/c1-7-5-3-4-6-8(14-2)9(13)10(7,11)12/h7,14H,3-6,13H2,1-2H3/b9-8-. The summed E-state index contributed by atoms with van der Waals surface area (Å²) in [7, 11) is 1.64. The van der Waals surface area contributed by atoms with Crippen LogP contribution in [0.2, 0.25) is 0 Å². The lowest BCUT2D eigenvalue weighted by atomic mass is 9.90. The third-order valence-electron chi connectivity index (χ3n) is 2.92. The minimum absolute atomic E-state index is 0.271. The van der Waals surface area contributed by atoms with Gasteiger partial charge in [0.2, 0.25) is 0 Å². The van der Waals surface area contributed by atoms with Crippen LogP contribution in [0.1, 0.15) is 32.6 Å². The van der Waals surface area contributed by atoms with E-state index in [9.17, 15) is 8.78 Å². The van der Waals surface area contributed by atoms with Crippen molar-refractivity contribution in [3.8, 4) is 0 Å². The molecule has 0 aromatic carbocycles. The topological polar surface area (TPSA) is 38.0 Å². The van der Waals surface area contributed by atoms with Crippen LogP contribution in [0, 0.1) is 5.92 Å². The van der Waals surface area contributed by atoms with Gasteiger partial charge in [-0.1, -0.05) is 13.3 Å². The highest BCUT2D eigenvalue weighted by Crippen LogP contribution is 2.36. The van der Waals surface area contributed by atoms with E-state index in [1.54, 1.807) is 14.0 Å². The molecule has 82 valence electrons. The van der Waals surface area contributed by atoms with Gasteiger partial charge in [0, 0.05) is 18.7 Å². The first kappa shape index (κ1) is 11.3. The van der Waals surface area contributed by atoms with Crippen molar-refractivity contribution < 1.29 is 8.78 Å². The van der Waals surface area contributed by atoms with Crippen LogP contribution in [-0.2, 0) is 0 Å². The van der Waals surface area contributed by atoms with Gasteiger partial charge in [-0.15, -0.1) is 0 Å². The van der Waals surface area contributed by atoms with E-state index in [0.717, 1.165) is 12.8 Å². The Morgan fingerprint density at radius 3 is 2.64 bits per heavy atom. The van der Waals surface area contributed by atoms with Gasteiger partial charge in [0.15, 0.2) is 0 Å². The summed E-state index contributed by atoms with van der Waals surface area (Å²) in [5.74, 6) is -3.52. The van der Waals surface area contributed by atoms with Crippen LogP contribution in [0.25, 0.3) is 0 Å². The fraction of sp³-hybridized carbons (Fsp3) is 0.800. The summed E-state index contributed by atoms with van der Waals surface area (Å²) in [5, 5.41) is 2.77. The summed E-state index contributed by atoms with van der Waals surface area (Å²) in [4.78, 5) is 0. The maximum atomic E-state index is 13.6. The Morgan fingerprint density at radius 2 is 2.07 bits per heavy atom. The number of nitrogens with two attached hydrogens (primary N) is 1. The Labute approximate surface area is 83.5 Å². The first-order chi connectivity index (χ1) is 6.50. The van der Waals surface area contributed by atoms with Crippen molar-refractivity contribution in [3.63, 3.8) is 0 Å². The second-order valence-corrected chi connectivity index (χ2v) is 3.91. The van der Waals surface area contributed by atoms with Crippen LogP contribution in [-0.4, -0.2) is 13.0 Å². The number of allylic oxidation sites excluding steroid dienone is 2. The Kier molecular flexibility index (Phi) is 3.34. The lowest BCUT2D eigenvalue weighted by Crippen LogP contribution is -2.37. The first-order valence-corrected chi connectivity index (χ1v) is 5.04. The van der Waals surface area contributed by atoms with E-state index in [-0.39, 0.29) is 5.70 Å². The molecule has 4 heteroatoms. The third-order valence-corrected chi connectivity index (χ3v) is 2.92. The Hall–Kier alpha value is -0.800. The zero-order valence-electron chi connectivity index (χ0n) is 8.74. The minimum atomic E-state index is -2.86. The monoisotopic (exact) mass is 204 g/mol. The molecular formula is C10H18F2N2. The van der Waals surface area contributed by atoms with E-state index >= 15 is 0 Å². The molecule has 1 rings (SSSR count). The van der Waals surface area contributed by atoms with Gasteiger partial charge in [-0.05, 0) is 19.3 Å². The molecule has 0 fully saturated rings. The van der Waals surface area contributed by atoms with Gasteiger partial charge in [0.1, 0.15) is 0 Å². The van der Waals surface area contributed by atoms with E-state index in [1.165, 1.54) is 0 Å². The number of rotatable bonds is 1. The zero-order chi connectivity index (χ0) is 10.8. The molecule has 0 radical (unpaired) electrons. The number of alkyl halides is 2. The maximum Gasteiger partial charge on any atom is 0.291 e. The van der Waals surface area contributed by atoms with Gasteiger partial charge in [-0.3, -0.25) is 0 Å². The van der Waals surface area contributed by atoms with Crippen LogP contribution in [0.4, 0.5) is 8.78 Å². The summed E-state index contributed by atoms with van der Waals surface area (Å²) < 4.78 is 27.3. The van der Waals surface area contributed by atoms with Gasteiger partial charge in [-0.25, -0.2) is 0 Å². The molecule has 0 aromatic rings. The molecule has 0 saturated carbocycles. The predicted octanol–water partition coefficient (Wildman–Crippen LogP) is 2.22. The normalized spacial score (nSPS) is 33.3. The first-order valence-electron chi connectivity index (χ1n) is 5.04. The molecule has 0 aromatic heterocycles. The van der Waals surface area contributed by atoms with Gasteiger partial charge in [0.05, 0.1) is 5.70 Å². The molecule has 1 unspecified atom stereocenters. The second kappa shape index (κ2) is 4.15. The van der Waals surface area contributed by atoms with Crippen LogP contribution >= 0.6 is 0 Å². The van der Waals surface area contributed by atoms with Crippen molar-refractivity contribution in [1.29, 1.82) is 0 Å². The molecule has 3 N–H and O–H groups in total. The van der Waals surface area contributed by atoms with Crippen LogP contribution < -0.4 is 11.1 Å². The summed E-state index contributed by atoms with van der Waals surface area (Å²) in [5.41, 5.74) is 5.72. The van der Waals surface area contributed by atoms with E-state index < -0.39 is 11.8 Å². The minimum Gasteiger partial charge on any atom is -0.396 e. The molecule has 2 nitrogen and oxygen atoms in total. The molecule has 0 spiro atoms. The number of hydrogen-bond acceptors (Lipinski definition) is 2. The zero-order valence-corrected chi connectivity index (χ0v) is 8.74. The average molecular weight is 204 g/mol. The lowest BCUT2D eigenvalue weighted by Gasteiger charge is -2.28. The van der Waals surface area contributed by atoms with E-state index in [0.29, 0.717) is 18.5 Å². The molecule has 1 aliphatic rings. The lowest BCUT2D eigenvalue weighted by molar-refractivity contribution is -0.0223. The molecule has 0 heterocycles. The second-order valence-electron chi connectivity index (χ2n) is 3.91. The van der Waals surface area contributed by atoms with Crippen LogP contribution in [0.3, 0.4) is 0 Å². The molecule has 1 aliphatic carbocycles.